The third-order valence-electron chi connectivity index (χ3n) is 5.58. The molecule has 4 rings (SSSR count). The van der Waals surface area contributed by atoms with Gasteiger partial charge in [0.05, 0.1) is 12.2 Å². The van der Waals surface area contributed by atoms with E-state index in [0.29, 0.717) is 39.5 Å². The average molecular weight is 525 g/mol. The Morgan fingerprint density at radius 3 is 2.37 bits per heavy atom. The Morgan fingerprint density at radius 1 is 1.00 bits per heavy atom. The molecule has 0 aliphatic heterocycles. The highest BCUT2D eigenvalue weighted by atomic mass is 19.4. The lowest BCUT2D eigenvalue weighted by Gasteiger charge is -2.11. The van der Waals surface area contributed by atoms with E-state index < -0.39 is 23.5 Å². The number of oxazole rings is 1. The van der Waals surface area contributed by atoms with Gasteiger partial charge in [-0.3, -0.25) is 0 Å². The number of halogens is 4. The van der Waals surface area contributed by atoms with Gasteiger partial charge in [-0.15, -0.1) is 0 Å². The topological polar surface area (TPSA) is 61.6 Å². The van der Waals surface area contributed by atoms with Gasteiger partial charge in [-0.05, 0) is 79.1 Å². The first-order valence-corrected chi connectivity index (χ1v) is 11.7. The van der Waals surface area contributed by atoms with Gasteiger partial charge in [-0.1, -0.05) is 24.3 Å². The number of hydrogen-bond acceptors (Lipinski definition) is 5. The lowest BCUT2D eigenvalue weighted by molar-refractivity contribution is -0.138. The van der Waals surface area contributed by atoms with E-state index in [2.05, 4.69) is 4.98 Å². The second kappa shape index (κ2) is 11.3. The number of alkyl halides is 3. The largest absolute Gasteiger partial charge is 0.487 e. The van der Waals surface area contributed by atoms with Crippen molar-refractivity contribution in [3.63, 3.8) is 0 Å². The summed E-state index contributed by atoms with van der Waals surface area (Å²) in [6.07, 6.45) is -3.09. The number of aromatic nitrogens is 1. The maximum Gasteiger partial charge on any atom is 0.416 e. The van der Waals surface area contributed by atoms with Gasteiger partial charge in [0.15, 0.2) is 0 Å². The van der Waals surface area contributed by atoms with Crippen LogP contribution in [0, 0.1) is 12.7 Å². The summed E-state index contributed by atoms with van der Waals surface area (Å²) in [4.78, 5) is 16.6. The second-order valence-electron chi connectivity index (χ2n) is 8.23. The number of nitrogens with zero attached hydrogens (tertiary/aromatic N) is 1. The van der Waals surface area contributed by atoms with Gasteiger partial charge in [0.25, 0.3) is 0 Å². The fraction of sp³-hybridized carbons (Fsp3) is 0.172. The predicted octanol–water partition coefficient (Wildman–Crippen LogP) is 7.38. The molecule has 0 saturated heterocycles. The molecule has 0 fully saturated rings. The lowest BCUT2D eigenvalue weighted by atomic mass is 9.97. The van der Waals surface area contributed by atoms with Crippen molar-refractivity contribution in [2.75, 3.05) is 6.61 Å². The zero-order chi connectivity index (χ0) is 27.3. The molecule has 0 atom stereocenters. The molecule has 196 valence electrons. The summed E-state index contributed by atoms with van der Waals surface area (Å²) in [5.41, 5.74) is 1.91. The summed E-state index contributed by atoms with van der Waals surface area (Å²) in [5.74, 6) is 0.176. The summed E-state index contributed by atoms with van der Waals surface area (Å²) in [6.45, 7) is 3.63. The highest BCUT2D eigenvalue weighted by molar-refractivity contribution is 5.96. The van der Waals surface area contributed by atoms with Crippen molar-refractivity contribution in [1.29, 1.82) is 0 Å². The van der Waals surface area contributed by atoms with Gasteiger partial charge < -0.3 is 13.9 Å². The maximum absolute atomic E-state index is 13.5. The highest BCUT2D eigenvalue weighted by Gasteiger charge is 2.30. The molecule has 3 aromatic carbocycles. The summed E-state index contributed by atoms with van der Waals surface area (Å²) in [6, 6.07) is 17.3. The molecule has 38 heavy (non-hydrogen) atoms. The van der Waals surface area contributed by atoms with E-state index in [9.17, 15) is 22.4 Å². The molecule has 0 amide bonds. The summed E-state index contributed by atoms with van der Waals surface area (Å²) < 4.78 is 68.6. The van der Waals surface area contributed by atoms with Crippen molar-refractivity contribution in [3.05, 3.63) is 113 Å². The SMILES string of the molecule is CCOC(=O)/C=C(\c1ccc(F)cc1)c1cccc(OCc2nc(-c3ccc(C(F)(F)F)cc3)oc2C)c1. The molecule has 0 saturated carbocycles. The zero-order valence-electron chi connectivity index (χ0n) is 20.5. The Labute approximate surface area is 216 Å². The van der Waals surface area contributed by atoms with Crippen LogP contribution in [0.3, 0.4) is 0 Å². The van der Waals surface area contributed by atoms with E-state index in [-0.39, 0.29) is 19.1 Å². The molecule has 0 bridgehead atoms. The molecule has 5 nitrogen and oxygen atoms in total. The van der Waals surface area contributed by atoms with Gasteiger partial charge in [0, 0.05) is 11.6 Å². The molecule has 0 spiro atoms. The van der Waals surface area contributed by atoms with Gasteiger partial charge >= 0.3 is 12.1 Å². The van der Waals surface area contributed by atoms with E-state index >= 15 is 0 Å². The van der Waals surface area contributed by atoms with Gasteiger partial charge in [0.1, 0.15) is 29.6 Å². The molecular formula is C29H23F4NO4. The van der Waals surface area contributed by atoms with Crippen LogP contribution in [0.2, 0.25) is 0 Å². The molecule has 0 aliphatic rings. The molecule has 0 N–H and O–H groups in total. The Bertz CT molecular complexity index is 1440. The number of rotatable bonds is 8. The summed E-state index contributed by atoms with van der Waals surface area (Å²) in [5, 5.41) is 0. The summed E-state index contributed by atoms with van der Waals surface area (Å²) in [7, 11) is 0. The molecule has 0 unspecified atom stereocenters. The Balaban J connectivity index is 1.54. The van der Waals surface area contributed by atoms with Crippen molar-refractivity contribution in [2.45, 2.75) is 26.6 Å². The molecule has 1 aromatic heterocycles. The minimum Gasteiger partial charge on any atom is -0.487 e. The number of ether oxygens (including phenoxy) is 2. The third kappa shape index (κ3) is 6.47. The van der Waals surface area contributed by atoms with Crippen molar-refractivity contribution < 1.29 is 36.2 Å². The van der Waals surface area contributed by atoms with Gasteiger partial charge in [-0.25, -0.2) is 14.2 Å². The van der Waals surface area contributed by atoms with Crippen molar-refractivity contribution in [3.8, 4) is 17.2 Å². The molecular weight excluding hydrogens is 502 g/mol. The minimum absolute atomic E-state index is 0.0346. The number of hydrogen-bond donors (Lipinski definition) is 0. The maximum atomic E-state index is 13.5. The smallest absolute Gasteiger partial charge is 0.416 e. The fourth-order valence-corrected chi connectivity index (χ4v) is 3.66. The predicted molar refractivity (Wildman–Crippen MR) is 133 cm³/mol. The van der Waals surface area contributed by atoms with Crippen molar-refractivity contribution in [1.82, 2.24) is 4.98 Å². The van der Waals surface area contributed by atoms with Crippen LogP contribution in [0.5, 0.6) is 5.75 Å². The normalized spacial score (nSPS) is 11.9. The zero-order valence-corrected chi connectivity index (χ0v) is 20.5. The van der Waals surface area contributed by atoms with Crippen LogP contribution in [-0.2, 0) is 22.3 Å². The Kier molecular flexibility index (Phi) is 7.95. The van der Waals surface area contributed by atoms with Crippen LogP contribution in [0.15, 0.2) is 83.3 Å². The Morgan fingerprint density at radius 2 is 1.71 bits per heavy atom. The van der Waals surface area contributed by atoms with Crippen molar-refractivity contribution >= 4 is 11.5 Å². The monoisotopic (exact) mass is 525 g/mol. The lowest BCUT2D eigenvalue weighted by Crippen LogP contribution is -2.04. The number of carbonyl (C=O) groups excluding carboxylic acids is 1. The number of aryl methyl sites for hydroxylation is 1. The standard InChI is InChI=1S/C29H23F4NO4/c1-3-36-27(35)16-25(19-9-13-23(30)14-10-19)21-5-4-6-24(15-21)37-17-26-18(2)38-28(34-26)20-7-11-22(12-8-20)29(31,32)33/h4-16H,3,17H2,1-2H3/b25-16+. The van der Waals surface area contributed by atoms with Crippen LogP contribution in [0.1, 0.15) is 35.1 Å². The minimum atomic E-state index is -4.43. The van der Waals surface area contributed by atoms with Gasteiger partial charge in [-0.2, -0.15) is 13.2 Å². The first-order chi connectivity index (χ1) is 18.1. The molecule has 4 aromatic rings. The van der Waals surface area contributed by atoms with Gasteiger partial charge in [0.2, 0.25) is 5.89 Å². The molecule has 0 aliphatic carbocycles. The van der Waals surface area contributed by atoms with E-state index in [1.165, 1.54) is 30.3 Å². The quantitative estimate of drug-likeness (QED) is 0.136. The number of esters is 1. The van der Waals surface area contributed by atoms with Crippen molar-refractivity contribution in [2.24, 2.45) is 0 Å². The van der Waals surface area contributed by atoms with Crippen LogP contribution in [0.25, 0.3) is 17.0 Å². The average Bonchev–Trinajstić information content (AvgIpc) is 3.27. The third-order valence-corrected chi connectivity index (χ3v) is 5.58. The van der Waals surface area contributed by atoms with Crippen LogP contribution in [0.4, 0.5) is 17.6 Å². The summed E-state index contributed by atoms with van der Waals surface area (Å²) >= 11 is 0. The fourth-order valence-electron chi connectivity index (χ4n) is 3.66. The first-order valence-electron chi connectivity index (χ1n) is 11.7. The van der Waals surface area contributed by atoms with E-state index in [1.54, 1.807) is 50.2 Å². The van der Waals surface area contributed by atoms with E-state index in [4.69, 9.17) is 13.9 Å². The number of benzene rings is 3. The molecule has 1 heterocycles. The van der Waals surface area contributed by atoms with Crippen LogP contribution >= 0.6 is 0 Å². The van der Waals surface area contributed by atoms with Crippen LogP contribution < -0.4 is 4.74 Å². The molecule has 0 radical (unpaired) electrons. The second-order valence-corrected chi connectivity index (χ2v) is 8.23. The highest BCUT2D eigenvalue weighted by Crippen LogP contribution is 2.32. The van der Waals surface area contributed by atoms with E-state index in [0.717, 1.165) is 12.1 Å². The molecule has 9 heteroatoms. The number of carbonyl (C=O) groups is 1. The Hall–Kier alpha value is -4.40. The van der Waals surface area contributed by atoms with E-state index in [1.807, 2.05) is 0 Å². The first kappa shape index (κ1) is 26.7. The van der Waals surface area contributed by atoms with Crippen LogP contribution in [-0.4, -0.2) is 17.6 Å².